The third-order valence-electron chi connectivity index (χ3n) is 4.66. The number of rotatable bonds is 5. The Labute approximate surface area is 157 Å². The van der Waals surface area contributed by atoms with E-state index >= 15 is 0 Å². The predicted molar refractivity (Wildman–Crippen MR) is 101 cm³/mol. The molecular formula is C22H22O5. The molecule has 0 aliphatic heterocycles. The highest BCUT2D eigenvalue weighted by Crippen LogP contribution is 2.35. The lowest BCUT2D eigenvalue weighted by molar-refractivity contribution is 0.0977. The lowest BCUT2D eigenvalue weighted by atomic mass is 9.87. The summed E-state index contributed by atoms with van der Waals surface area (Å²) < 4.78 is 5.50. The molecule has 0 unspecified atom stereocenters. The molecule has 0 saturated carbocycles. The molecule has 1 aromatic carbocycles. The normalized spacial score (nSPS) is 13.3. The number of phenols is 2. The molecule has 0 saturated heterocycles. The number of aromatic hydroxyl groups is 2. The number of ether oxygens (including phenoxy) is 1. The summed E-state index contributed by atoms with van der Waals surface area (Å²) in [4.78, 5) is 23.5. The molecule has 27 heavy (non-hydrogen) atoms. The van der Waals surface area contributed by atoms with Crippen molar-refractivity contribution in [1.82, 2.24) is 0 Å². The third-order valence-corrected chi connectivity index (χ3v) is 4.66. The van der Waals surface area contributed by atoms with E-state index in [1.807, 2.05) is 0 Å². The van der Waals surface area contributed by atoms with Crippen molar-refractivity contribution in [3.63, 3.8) is 0 Å². The largest absolute Gasteiger partial charge is 0.507 e. The van der Waals surface area contributed by atoms with E-state index in [-0.39, 0.29) is 22.6 Å². The maximum absolute atomic E-state index is 11.9. The Bertz CT molecular complexity index is 1030. The lowest BCUT2D eigenvalue weighted by Crippen LogP contribution is -2.17. The minimum absolute atomic E-state index is 0.0932. The highest BCUT2D eigenvalue weighted by Gasteiger charge is 2.29. The van der Waals surface area contributed by atoms with Gasteiger partial charge in [-0.3, -0.25) is 9.59 Å². The summed E-state index contributed by atoms with van der Waals surface area (Å²) >= 11 is 0. The van der Waals surface area contributed by atoms with Crippen LogP contribution < -0.4 is 4.74 Å². The molecule has 0 aromatic heterocycles. The lowest BCUT2D eigenvalue weighted by Gasteiger charge is -2.16. The second-order valence-electron chi connectivity index (χ2n) is 6.48. The maximum Gasteiger partial charge on any atom is 0.193 e. The minimum atomic E-state index is -0.445. The molecule has 0 atom stereocenters. The van der Waals surface area contributed by atoms with Crippen LogP contribution in [-0.2, 0) is 0 Å². The van der Waals surface area contributed by atoms with E-state index in [1.54, 1.807) is 6.92 Å². The molecule has 4 rings (SSSR count). The van der Waals surface area contributed by atoms with E-state index in [0.717, 1.165) is 18.8 Å². The quantitative estimate of drug-likeness (QED) is 0.520. The number of carbonyl (C=O) groups is 2. The Morgan fingerprint density at radius 1 is 0.963 bits per heavy atom. The summed E-state index contributed by atoms with van der Waals surface area (Å²) in [5.74, 6) is -0.302. The van der Waals surface area contributed by atoms with E-state index in [9.17, 15) is 19.8 Å². The van der Waals surface area contributed by atoms with Crippen molar-refractivity contribution >= 4 is 11.6 Å². The van der Waals surface area contributed by atoms with Crippen molar-refractivity contribution in [2.75, 3.05) is 6.61 Å². The van der Waals surface area contributed by atoms with Crippen molar-refractivity contribution in [1.29, 1.82) is 0 Å². The third kappa shape index (κ3) is 3.45. The van der Waals surface area contributed by atoms with Crippen molar-refractivity contribution < 1.29 is 24.5 Å². The van der Waals surface area contributed by atoms with Crippen LogP contribution in [0.4, 0.5) is 0 Å². The van der Waals surface area contributed by atoms with Gasteiger partial charge in [-0.15, -0.1) is 0 Å². The average molecular weight is 366 g/mol. The second-order valence-corrected chi connectivity index (χ2v) is 6.48. The van der Waals surface area contributed by atoms with E-state index < -0.39 is 11.6 Å². The van der Waals surface area contributed by atoms with Gasteiger partial charge in [0, 0.05) is 10.8 Å². The summed E-state index contributed by atoms with van der Waals surface area (Å²) in [6.07, 6.45) is 3.99. The summed E-state index contributed by atoms with van der Waals surface area (Å²) in [5.41, 5.74) is 0.143. The molecule has 140 valence electrons. The van der Waals surface area contributed by atoms with Gasteiger partial charge in [0.05, 0.1) is 17.7 Å². The van der Waals surface area contributed by atoms with Gasteiger partial charge in [-0.25, -0.2) is 0 Å². The van der Waals surface area contributed by atoms with Crippen LogP contribution in [0, 0.1) is 10.4 Å². The Morgan fingerprint density at radius 3 is 2.19 bits per heavy atom. The summed E-state index contributed by atoms with van der Waals surface area (Å²) in [5, 5.41) is 21.8. The van der Waals surface area contributed by atoms with Crippen molar-refractivity contribution in [2.45, 2.75) is 33.1 Å². The topological polar surface area (TPSA) is 83.8 Å². The number of benzene rings is 2. The van der Waals surface area contributed by atoms with E-state index in [0.29, 0.717) is 12.0 Å². The molecule has 0 fully saturated rings. The summed E-state index contributed by atoms with van der Waals surface area (Å²) in [6.45, 7) is 4.79. The monoisotopic (exact) mass is 366 g/mol. The standard InChI is InChI=1S/C12H10O4.C10H12O/c1-2-6-5-9(15)10-7(13)3-4-8(14)11(10)12(6)16;1-2-3-6-11-10-7-8-4-5-9(8)10/h3-5,13-14H,2H2,1H3;4-5,7H,2-3,6H2,1H3. The number of unbranched alkanes of at least 4 members (excludes halogenated alkanes) is 1. The minimum Gasteiger partial charge on any atom is -0.507 e. The second kappa shape index (κ2) is 7.66. The SMILES string of the molecule is CCC1=CC(=O)c2c(O)ccc(O)c2C1=O.CCCCOc1cc2ccc1=2. The molecule has 0 heterocycles. The molecule has 1 aromatic rings. The van der Waals surface area contributed by atoms with Crippen LogP contribution in [0.3, 0.4) is 0 Å². The zero-order chi connectivity index (χ0) is 19.6. The highest BCUT2D eigenvalue weighted by molar-refractivity contribution is 6.26. The fraction of sp³-hybridized carbons (Fsp3) is 0.273. The van der Waals surface area contributed by atoms with Gasteiger partial charge in [-0.2, -0.15) is 0 Å². The first-order chi connectivity index (χ1) is 13.0. The number of allylic oxidation sites excluding steroid dienone is 2. The van der Waals surface area contributed by atoms with Crippen LogP contribution in [0.2, 0.25) is 0 Å². The average Bonchev–Trinajstić information content (AvgIpc) is 2.64. The molecule has 2 N–H and O–H groups in total. The fourth-order valence-electron chi connectivity index (χ4n) is 2.98. The number of hydrogen-bond acceptors (Lipinski definition) is 5. The van der Waals surface area contributed by atoms with Gasteiger partial charge in [0.25, 0.3) is 0 Å². The smallest absolute Gasteiger partial charge is 0.193 e. The molecule has 3 aliphatic rings. The first kappa shape index (κ1) is 18.7. The van der Waals surface area contributed by atoms with E-state index in [1.165, 1.54) is 35.1 Å². The molecule has 0 radical (unpaired) electrons. The van der Waals surface area contributed by atoms with Crippen LogP contribution in [0.15, 0.2) is 42.0 Å². The van der Waals surface area contributed by atoms with Gasteiger partial charge in [-0.1, -0.05) is 32.4 Å². The molecule has 5 heteroatoms. The zero-order valence-corrected chi connectivity index (χ0v) is 15.4. The van der Waals surface area contributed by atoms with E-state index in [4.69, 9.17) is 4.74 Å². The number of hydrogen-bond donors (Lipinski definition) is 2. The molecule has 3 aliphatic carbocycles. The number of Topliss-reactive ketones (excluding diaryl/α,β-unsaturated/α-hetero) is 1. The maximum atomic E-state index is 11.9. The zero-order valence-electron chi connectivity index (χ0n) is 15.4. The Morgan fingerprint density at radius 2 is 1.67 bits per heavy atom. The van der Waals surface area contributed by atoms with Gasteiger partial charge in [0.2, 0.25) is 0 Å². The van der Waals surface area contributed by atoms with Crippen molar-refractivity contribution in [3.8, 4) is 17.2 Å². The first-order valence-electron chi connectivity index (χ1n) is 9.09. The van der Waals surface area contributed by atoms with E-state index in [2.05, 4.69) is 25.1 Å². The summed E-state index contributed by atoms with van der Waals surface area (Å²) in [7, 11) is 0. The number of phenolic OH excluding ortho intramolecular Hbond substituents is 2. The van der Waals surface area contributed by atoms with Gasteiger partial charge in [-0.05, 0) is 42.3 Å². The van der Waals surface area contributed by atoms with Gasteiger partial charge < -0.3 is 14.9 Å². The van der Waals surface area contributed by atoms with Gasteiger partial charge in [0.1, 0.15) is 17.2 Å². The molecular weight excluding hydrogens is 344 g/mol. The van der Waals surface area contributed by atoms with Crippen LogP contribution in [0.5, 0.6) is 17.2 Å². The van der Waals surface area contributed by atoms with Crippen LogP contribution >= 0.6 is 0 Å². The van der Waals surface area contributed by atoms with Crippen LogP contribution in [0.25, 0.3) is 0 Å². The fourth-order valence-corrected chi connectivity index (χ4v) is 2.98. The van der Waals surface area contributed by atoms with Crippen molar-refractivity contribution in [2.24, 2.45) is 0 Å². The van der Waals surface area contributed by atoms with Gasteiger partial charge >= 0.3 is 0 Å². The predicted octanol–water partition coefficient (Wildman–Crippen LogP) is 4.28. The first-order valence-corrected chi connectivity index (χ1v) is 9.09. The Hall–Kier alpha value is -3.08. The number of carbonyl (C=O) groups excluding carboxylic acids is 2. The van der Waals surface area contributed by atoms with Crippen molar-refractivity contribution in [3.05, 3.63) is 63.5 Å². The van der Waals surface area contributed by atoms with Crippen LogP contribution in [-0.4, -0.2) is 28.4 Å². The highest BCUT2D eigenvalue weighted by atomic mass is 16.5. The molecule has 5 nitrogen and oxygen atoms in total. The van der Waals surface area contributed by atoms with Gasteiger partial charge in [0.15, 0.2) is 11.6 Å². The Kier molecular flexibility index (Phi) is 5.31. The number of fused-ring (bicyclic) bond motifs is 1. The molecule has 0 spiro atoms. The molecule has 0 bridgehead atoms. The number of ketones is 2. The van der Waals surface area contributed by atoms with Crippen LogP contribution in [0.1, 0.15) is 53.8 Å². The molecule has 0 amide bonds. The Balaban J connectivity index is 0.000000166. The summed E-state index contributed by atoms with van der Waals surface area (Å²) in [6, 6.07) is 8.73.